The van der Waals surface area contributed by atoms with E-state index in [0.29, 0.717) is 0 Å². The lowest BCUT2D eigenvalue weighted by Gasteiger charge is -2.27. The Morgan fingerprint density at radius 2 is 2.14 bits per heavy atom. The van der Waals surface area contributed by atoms with Crippen molar-refractivity contribution in [3.63, 3.8) is 0 Å². The summed E-state index contributed by atoms with van der Waals surface area (Å²) in [6.07, 6.45) is -2.44. The van der Waals surface area contributed by atoms with Crippen LogP contribution < -0.4 is 22.7 Å². The SMILES string of the molecule is N#C[C@@]1(n2ccc(=O)[nH]c2=O)C[C@H](COC(=O)[C@@H](N)CCC(N)=O)C(O)C1O. The number of nitriles is 1. The first-order valence-corrected chi connectivity index (χ1v) is 8.42. The molecule has 0 radical (unpaired) electrons. The molecule has 1 aromatic heterocycles. The number of aromatic amines is 1. The van der Waals surface area contributed by atoms with Gasteiger partial charge in [-0.15, -0.1) is 0 Å². The molecule has 0 aromatic carbocycles. The van der Waals surface area contributed by atoms with Crippen LogP contribution in [-0.2, 0) is 19.9 Å². The zero-order chi connectivity index (χ0) is 21.1. The molecule has 12 heteroatoms. The number of H-pyrrole nitrogens is 1. The third-order valence-corrected chi connectivity index (χ3v) is 4.76. The van der Waals surface area contributed by atoms with Gasteiger partial charge in [0.1, 0.15) is 12.1 Å². The largest absolute Gasteiger partial charge is 0.464 e. The summed E-state index contributed by atoms with van der Waals surface area (Å²) < 4.78 is 5.86. The third kappa shape index (κ3) is 4.11. The maximum absolute atomic E-state index is 12.1. The molecule has 5 atom stereocenters. The Kier molecular flexibility index (Phi) is 6.34. The monoisotopic (exact) mass is 395 g/mol. The maximum Gasteiger partial charge on any atom is 0.329 e. The fourth-order valence-electron chi connectivity index (χ4n) is 3.19. The average molecular weight is 395 g/mol. The Morgan fingerprint density at radius 3 is 2.71 bits per heavy atom. The Bertz CT molecular complexity index is 904. The summed E-state index contributed by atoms with van der Waals surface area (Å²) in [4.78, 5) is 47.9. The van der Waals surface area contributed by atoms with Crippen molar-refractivity contribution in [2.45, 2.75) is 43.1 Å². The van der Waals surface area contributed by atoms with E-state index in [2.05, 4.69) is 0 Å². The average Bonchev–Trinajstić information content (AvgIpc) is 2.89. The van der Waals surface area contributed by atoms with Gasteiger partial charge in [0.2, 0.25) is 5.91 Å². The number of rotatable bonds is 7. The Labute approximate surface area is 158 Å². The highest BCUT2D eigenvalue weighted by Crippen LogP contribution is 2.40. The zero-order valence-corrected chi connectivity index (χ0v) is 14.8. The highest BCUT2D eigenvalue weighted by Gasteiger charge is 2.55. The van der Waals surface area contributed by atoms with Crippen LogP contribution in [0.25, 0.3) is 0 Å². The molecule has 2 unspecified atom stereocenters. The van der Waals surface area contributed by atoms with Crippen LogP contribution in [-0.4, -0.2) is 56.5 Å². The number of nitrogens with one attached hydrogen (secondary N) is 1. The fraction of sp³-hybridized carbons (Fsp3) is 0.562. The number of nitrogens with zero attached hydrogens (tertiary/aromatic N) is 2. The van der Waals surface area contributed by atoms with Gasteiger partial charge in [-0.05, 0) is 12.8 Å². The van der Waals surface area contributed by atoms with Crippen LogP contribution in [0.15, 0.2) is 21.9 Å². The van der Waals surface area contributed by atoms with Gasteiger partial charge in [0.25, 0.3) is 5.56 Å². The second kappa shape index (κ2) is 8.34. The van der Waals surface area contributed by atoms with Crippen LogP contribution in [0.1, 0.15) is 19.3 Å². The van der Waals surface area contributed by atoms with Gasteiger partial charge in [-0.1, -0.05) is 0 Å². The smallest absolute Gasteiger partial charge is 0.329 e. The van der Waals surface area contributed by atoms with E-state index >= 15 is 0 Å². The van der Waals surface area contributed by atoms with Crippen molar-refractivity contribution in [3.05, 3.63) is 33.1 Å². The molecule has 28 heavy (non-hydrogen) atoms. The van der Waals surface area contributed by atoms with Crippen LogP contribution in [0.4, 0.5) is 0 Å². The molecule has 2 rings (SSSR count). The summed E-state index contributed by atoms with van der Waals surface area (Å²) in [6, 6.07) is 1.73. The molecule has 0 aliphatic heterocycles. The predicted octanol–water partition coefficient (Wildman–Crippen LogP) is -3.37. The van der Waals surface area contributed by atoms with Gasteiger partial charge in [-0.2, -0.15) is 5.26 Å². The maximum atomic E-state index is 12.1. The van der Waals surface area contributed by atoms with E-state index in [0.717, 1.165) is 16.8 Å². The normalized spacial score (nSPS) is 27.7. The number of carbonyl (C=O) groups is 2. The summed E-state index contributed by atoms with van der Waals surface area (Å²) in [5.74, 6) is -2.33. The first kappa shape index (κ1) is 21.3. The zero-order valence-electron chi connectivity index (χ0n) is 14.8. The minimum absolute atomic E-state index is 0.0150. The number of ether oxygens (including phenoxy) is 1. The van der Waals surface area contributed by atoms with E-state index in [1.54, 1.807) is 0 Å². The first-order valence-electron chi connectivity index (χ1n) is 8.42. The van der Waals surface area contributed by atoms with Gasteiger partial charge < -0.3 is 26.4 Å². The number of aromatic nitrogens is 2. The van der Waals surface area contributed by atoms with Gasteiger partial charge in [0, 0.05) is 24.6 Å². The molecule has 7 N–H and O–H groups in total. The van der Waals surface area contributed by atoms with E-state index in [9.17, 15) is 34.7 Å². The standard InChI is InChI=1S/C16H21N5O7/c17-7-16(21-4-3-11(23)20-15(21)27)5-8(12(24)13(16)25)6-28-14(26)9(18)1-2-10(19)22/h3-4,8-9,12-13,24-25H,1-2,5-6,18H2,(H2,19,22)(H,20,23,27)/t8-,9+,12?,13?,16+/m1/s1. The number of primary amides is 1. The molecule has 1 amide bonds. The van der Waals surface area contributed by atoms with Crippen molar-refractivity contribution in [1.29, 1.82) is 5.26 Å². The number of aliphatic hydroxyl groups excluding tert-OH is 2. The van der Waals surface area contributed by atoms with Crippen LogP contribution >= 0.6 is 0 Å². The first-order chi connectivity index (χ1) is 13.1. The molecule has 12 nitrogen and oxygen atoms in total. The Balaban J connectivity index is 2.14. The van der Waals surface area contributed by atoms with E-state index in [-0.39, 0.29) is 25.9 Å². The Morgan fingerprint density at radius 1 is 1.46 bits per heavy atom. The number of carbonyl (C=O) groups excluding carboxylic acids is 2. The topological polar surface area (TPSA) is 215 Å². The summed E-state index contributed by atoms with van der Waals surface area (Å²) in [6.45, 7) is -0.372. The summed E-state index contributed by atoms with van der Waals surface area (Å²) in [5.41, 5.74) is 7.11. The van der Waals surface area contributed by atoms with Crippen molar-refractivity contribution in [2.24, 2.45) is 17.4 Å². The molecule has 152 valence electrons. The lowest BCUT2D eigenvalue weighted by molar-refractivity contribution is -0.148. The minimum atomic E-state index is -1.86. The van der Waals surface area contributed by atoms with Gasteiger partial charge in [0.15, 0.2) is 5.54 Å². The lowest BCUT2D eigenvalue weighted by atomic mass is 9.95. The molecule has 1 aliphatic carbocycles. The van der Waals surface area contributed by atoms with Crippen LogP contribution in [0.2, 0.25) is 0 Å². The molecule has 1 aromatic rings. The number of aliphatic hydroxyl groups is 2. The van der Waals surface area contributed by atoms with Gasteiger partial charge in [0.05, 0.1) is 18.8 Å². The summed E-state index contributed by atoms with van der Waals surface area (Å²) in [5, 5.41) is 30.3. The molecule has 1 saturated carbocycles. The van der Waals surface area contributed by atoms with E-state index in [1.165, 1.54) is 0 Å². The lowest BCUT2D eigenvalue weighted by Crippen LogP contribution is -2.49. The second-order valence-corrected chi connectivity index (χ2v) is 6.66. The van der Waals surface area contributed by atoms with Crippen LogP contribution in [0, 0.1) is 17.2 Å². The van der Waals surface area contributed by atoms with E-state index in [1.807, 2.05) is 11.1 Å². The highest BCUT2D eigenvalue weighted by atomic mass is 16.5. The van der Waals surface area contributed by atoms with Crippen LogP contribution in [0.5, 0.6) is 0 Å². The summed E-state index contributed by atoms with van der Waals surface area (Å²) in [7, 11) is 0. The van der Waals surface area contributed by atoms with Crippen molar-refractivity contribution in [2.75, 3.05) is 6.61 Å². The summed E-state index contributed by atoms with van der Waals surface area (Å²) >= 11 is 0. The predicted molar refractivity (Wildman–Crippen MR) is 92.4 cm³/mol. The fourth-order valence-corrected chi connectivity index (χ4v) is 3.19. The Hall–Kier alpha value is -3.01. The molecular weight excluding hydrogens is 374 g/mol. The number of hydrogen-bond donors (Lipinski definition) is 5. The number of hydrogen-bond acceptors (Lipinski definition) is 9. The molecule has 0 spiro atoms. The van der Waals surface area contributed by atoms with Crippen LogP contribution in [0.3, 0.4) is 0 Å². The highest BCUT2D eigenvalue weighted by molar-refractivity contribution is 5.78. The molecule has 1 heterocycles. The quantitative estimate of drug-likeness (QED) is 0.291. The number of esters is 1. The second-order valence-electron chi connectivity index (χ2n) is 6.66. The molecule has 0 saturated heterocycles. The van der Waals surface area contributed by atoms with Crippen molar-refractivity contribution < 1.29 is 24.5 Å². The van der Waals surface area contributed by atoms with E-state index in [4.69, 9.17) is 16.2 Å². The molecule has 1 aliphatic rings. The molecule has 0 bridgehead atoms. The molecular formula is C16H21N5O7. The van der Waals surface area contributed by atoms with Gasteiger partial charge in [-0.3, -0.25) is 23.9 Å². The van der Waals surface area contributed by atoms with Gasteiger partial charge in [-0.25, -0.2) is 4.79 Å². The van der Waals surface area contributed by atoms with Gasteiger partial charge >= 0.3 is 11.7 Å². The third-order valence-electron chi connectivity index (χ3n) is 4.76. The molecule has 1 fully saturated rings. The number of amides is 1. The minimum Gasteiger partial charge on any atom is -0.464 e. The van der Waals surface area contributed by atoms with Crippen molar-refractivity contribution >= 4 is 11.9 Å². The van der Waals surface area contributed by atoms with Crippen molar-refractivity contribution in [1.82, 2.24) is 9.55 Å². The number of nitrogens with two attached hydrogens (primary N) is 2. The van der Waals surface area contributed by atoms with Crippen molar-refractivity contribution in [3.8, 4) is 6.07 Å². The van der Waals surface area contributed by atoms with E-state index < -0.39 is 52.8 Å².